The van der Waals surface area contributed by atoms with Crippen molar-refractivity contribution < 1.29 is 9.18 Å². The molecule has 1 amide bonds. The van der Waals surface area contributed by atoms with Crippen molar-refractivity contribution >= 4 is 17.7 Å². The number of carbonyl (C=O) groups is 1. The highest BCUT2D eigenvalue weighted by Crippen LogP contribution is 2.60. The summed E-state index contributed by atoms with van der Waals surface area (Å²) in [5.41, 5.74) is 0.495. The van der Waals surface area contributed by atoms with E-state index in [0.717, 1.165) is 37.0 Å². The van der Waals surface area contributed by atoms with Crippen LogP contribution in [0, 0.1) is 29.0 Å². The SMILES string of the molecule is CSc1nnc(CNC(=O)C23CC4CC(CC(C4)C2)C3)n1-c1cccc(F)c1. The molecule has 2 aromatic rings. The molecule has 4 fully saturated rings. The Kier molecular flexibility index (Phi) is 4.45. The van der Waals surface area contributed by atoms with Crippen molar-refractivity contribution in [1.29, 1.82) is 0 Å². The maximum atomic E-state index is 13.7. The number of halogens is 1. The van der Waals surface area contributed by atoms with Crippen LogP contribution in [0.4, 0.5) is 4.39 Å². The van der Waals surface area contributed by atoms with Crippen LogP contribution in [0.5, 0.6) is 0 Å². The minimum absolute atomic E-state index is 0.172. The summed E-state index contributed by atoms with van der Waals surface area (Å²) < 4.78 is 15.6. The zero-order chi connectivity index (χ0) is 19.3. The summed E-state index contributed by atoms with van der Waals surface area (Å²) in [5.74, 6) is 2.70. The van der Waals surface area contributed by atoms with E-state index < -0.39 is 0 Å². The monoisotopic (exact) mass is 400 g/mol. The van der Waals surface area contributed by atoms with E-state index in [-0.39, 0.29) is 17.1 Å². The van der Waals surface area contributed by atoms with Crippen LogP contribution >= 0.6 is 11.8 Å². The molecule has 1 aromatic carbocycles. The Morgan fingerprint density at radius 3 is 2.50 bits per heavy atom. The summed E-state index contributed by atoms with van der Waals surface area (Å²) >= 11 is 1.45. The second-order valence-corrected chi connectivity index (χ2v) is 9.57. The van der Waals surface area contributed by atoms with Crippen LogP contribution in [0.1, 0.15) is 44.3 Å². The minimum Gasteiger partial charge on any atom is -0.348 e. The predicted molar refractivity (Wildman–Crippen MR) is 106 cm³/mol. The molecule has 148 valence electrons. The van der Waals surface area contributed by atoms with Crippen LogP contribution in [0.15, 0.2) is 29.4 Å². The first kappa shape index (κ1) is 18.2. The van der Waals surface area contributed by atoms with Gasteiger partial charge in [-0.1, -0.05) is 17.8 Å². The van der Waals surface area contributed by atoms with Gasteiger partial charge in [0.25, 0.3) is 0 Å². The summed E-state index contributed by atoms with van der Waals surface area (Å²) in [6.07, 6.45) is 8.98. The van der Waals surface area contributed by atoms with Crippen molar-refractivity contribution in [3.8, 4) is 5.69 Å². The quantitative estimate of drug-likeness (QED) is 0.772. The molecule has 0 aliphatic heterocycles. The standard InChI is InChI=1S/C21H25FN4OS/c1-28-20-25-24-18(26(20)17-4-2-3-16(22)8-17)12-23-19(27)21-9-13-5-14(10-21)7-15(6-13)11-21/h2-4,8,13-15H,5-7,9-12H2,1H3,(H,23,27). The highest BCUT2D eigenvalue weighted by molar-refractivity contribution is 7.98. The number of aromatic nitrogens is 3. The Hall–Kier alpha value is -1.89. The summed E-state index contributed by atoms with van der Waals surface area (Å²) in [5, 5.41) is 12.3. The van der Waals surface area contributed by atoms with Crippen molar-refractivity contribution in [2.45, 2.75) is 50.2 Å². The third-order valence-electron chi connectivity index (χ3n) is 6.88. The molecule has 0 spiro atoms. The van der Waals surface area contributed by atoms with Gasteiger partial charge in [-0.25, -0.2) is 4.39 Å². The van der Waals surface area contributed by atoms with E-state index in [4.69, 9.17) is 0 Å². The van der Waals surface area contributed by atoms with E-state index in [1.807, 2.05) is 16.9 Å². The first-order valence-electron chi connectivity index (χ1n) is 10.1. The normalized spacial score (nSPS) is 30.6. The molecule has 6 rings (SSSR count). The lowest BCUT2D eigenvalue weighted by atomic mass is 9.49. The van der Waals surface area contributed by atoms with Crippen LogP contribution in [0.25, 0.3) is 5.69 Å². The summed E-state index contributed by atoms with van der Waals surface area (Å²) in [6, 6.07) is 6.39. The Balaban J connectivity index is 1.36. The number of nitrogens with zero attached hydrogens (tertiary/aromatic N) is 3. The molecular weight excluding hydrogens is 375 g/mol. The largest absolute Gasteiger partial charge is 0.348 e. The smallest absolute Gasteiger partial charge is 0.226 e. The molecule has 0 atom stereocenters. The molecule has 1 N–H and O–H groups in total. The fraction of sp³-hybridized carbons (Fsp3) is 0.571. The van der Waals surface area contributed by atoms with E-state index in [1.54, 1.807) is 6.07 Å². The first-order valence-corrected chi connectivity index (χ1v) is 11.3. The number of thioether (sulfide) groups is 1. The molecular formula is C21H25FN4OS. The number of nitrogens with one attached hydrogen (secondary N) is 1. The highest BCUT2D eigenvalue weighted by atomic mass is 32.2. The van der Waals surface area contributed by atoms with Gasteiger partial charge >= 0.3 is 0 Å². The van der Waals surface area contributed by atoms with Gasteiger partial charge in [-0.2, -0.15) is 0 Å². The summed E-state index contributed by atoms with van der Waals surface area (Å²) in [6.45, 7) is 0.310. The molecule has 7 heteroatoms. The number of carbonyl (C=O) groups excluding carboxylic acids is 1. The predicted octanol–water partition coefficient (Wildman–Crippen LogP) is 3.96. The molecule has 4 bridgehead atoms. The number of hydrogen-bond acceptors (Lipinski definition) is 4. The number of benzene rings is 1. The second kappa shape index (κ2) is 6.87. The number of rotatable bonds is 5. The Bertz CT molecular complexity index is 876. The third kappa shape index (κ3) is 3.04. The van der Waals surface area contributed by atoms with E-state index in [9.17, 15) is 9.18 Å². The van der Waals surface area contributed by atoms with Crippen molar-refractivity contribution in [2.75, 3.05) is 6.26 Å². The maximum Gasteiger partial charge on any atom is 0.226 e. The molecule has 1 aromatic heterocycles. The molecule has 0 radical (unpaired) electrons. The molecule has 0 saturated heterocycles. The highest BCUT2D eigenvalue weighted by Gasteiger charge is 2.54. The van der Waals surface area contributed by atoms with Gasteiger partial charge in [0.2, 0.25) is 5.91 Å². The zero-order valence-corrected chi connectivity index (χ0v) is 16.8. The molecule has 4 saturated carbocycles. The van der Waals surface area contributed by atoms with Crippen LogP contribution in [0.2, 0.25) is 0 Å². The van der Waals surface area contributed by atoms with E-state index in [2.05, 4.69) is 15.5 Å². The van der Waals surface area contributed by atoms with E-state index >= 15 is 0 Å². The van der Waals surface area contributed by atoms with Crippen LogP contribution in [-0.4, -0.2) is 26.9 Å². The maximum absolute atomic E-state index is 13.7. The van der Waals surface area contributed by atoms with Crippen molar-refractivity contribution in [3.05, 3.63) is 35.9 Å². The van der Waals surface area contributed by atoms with Gasteiger partial charge in [-0.3, -0.25) is 9.36 Å². The molecule has 28 heavy (non-hydrogen) atoms. The molecule has 4 aliphatic rings. The van der Waals surface area contributed by atoms with E-state index in [1.165, 1.54) is 43.2 Å². The molecule has 1 heterocycles. The summed E-state index contributed by atoms with van der Waals surface area (Å²) in [4.78, 5) is 13.2. The number of amides is 1. The van der Waals surface area contributed by atoms with Crippen molar-refractivity contribution in [1.82, 2.24) is 20.1 Å². The topological polar surface area (TPSA) is 59.8 Å². The van der Waals surface area contributed by atoms with E-state index in [0.29, 0.717) is 23.2 Å². The molecule has 5 nitrogen and oxygen atoms in total. The lowest BCUT2D eigenvalue weighted by molar-refractivity contribution is -0.146. The van der Waals surface area contributed by atoms with Gasteiger partial charge in [0.05, 0.1) is 12.2 Å². The third-order valence-corrected chi connectivity index (χ3v) is 7.51. The van der Waals surface area contributed by atoms with Gasteiger partial charge in [0, 0.05) is 5.41 Å². The number of hydrogen-bond donors (Lipinski definition) is 1. The first-order chi connectivity index (χ1) is 13.6. The van der Waals surface area contributed by atoms with Crippen molar-refractivity contribution in [3.63, 3.8) is 0 Å². The summed E-state index contributed by atoms with van der Waals surface area (Å²) in [7, 11) is 0. The zero-order valence-electron chi connectivity index (χ0n) is 16.0. The van der Waals surface area contributed by atoms with Crippen LogP contribution in [0.3, 0.4) is 0 Å². The van der Waals surface area contributed by atoms with Crippen molar-refractivity contribution in [2.24, 2.45) is 23.2 Å². The Morgan fingerprint density at radius 2 is 1.89 bits per heavy atom. The Morgan fingerprint density at radius 1 is 1.21 bits per heavy atom. The second-order valence-electron chi connectivity index (χ2n) is 8.80. The fourth-order valence-electron chi connectivity index (χ4n) is 6.16. The fourth-order valence-corrected chi connectivity index (χ4v) is 6.67. The average Bonchev–Trinajstić information content (AvgIpc) is 3.08. The van der Waals surface area contributed by atoms with Crippen LogP contribution < -0.4 is 5.32 Å². The lowest BCUT2D eigenvalue weighted by Crippen LogP contribution is -2.53. The van der Waals surface area contributed by atoms with Gasteiger partial charge < -0.3 is 5.32 Å². The van der Waals surface area contributed by atoms with Gasteiger partial charge in [0.15, 0.2) is 11.0 Å². The minimum atomic E-state index is -0.304. The Labute approximate surface area is 168 Å². The molecule has 0 unspecified atom stereocenters. The lowest BCUT2D eigenvalue weighted by Gasteiger charge is -2.55. The van der Waals surface area contributed by atoms with Gasteiger partial charge in [0.1, 0.15) is 5.82 Å². The molecule has 4 aliphatic carbocycles. The van der Waals surface area contributed by atoms with Crippen LogP contribution in [-0.2, 0) is 11.3 Å². The van der Waals surface area contributed by atoms with Gasteiger partial charge in [-0.05, 0) is 80.7 Å². The average molecular weight is 401 g/mol. The van der Waals surface area contributed by atoms with Gasteiger partial charge in [-0.15, -0.1) is 10.2 Å².